The highest BCUT2D eigenvalue weighted by Crippen LogP contribution is 2.25. The molecule has 0 unspecified atom stereocenters. The fourth-order valence-electron chi connectivity index (χ4n) is 2.33. The minimum atomic E-state index is -3.79. The Morgan fingerprint density at radius 1 is 1.21 bits per heavy atom. The molecule has 0 saturated carbocycles. The van der Waals surface area contributed by atoms with Crippen molar-refractivity contribution in [1.82, 2.24) is 9.71 Å². The zero-order valence-electron chi connectivity index (χ0n) is 13.6. The second kappa shape index (κ2) is 7.55. The molecule has 0 bridgehead atoms. The highest BCUT2D eigenvalue weighted by molar-refractivity contribution is 7.89. The molecule has 2 rings (SSSR count). The normalized spacial score (nSPS) is 11.6. The van der Waals surface area contributed by atoms with E-state index in [1.807, 2.05) is 26.0 Å². The Bertz CT molecular complexity index is 818. The van der Waals surface area contributed by atoms with Crippen LogP contribution in [0.25, 0.3) is 0 Å². The molecule has 7 heteroatoms. The van der Waals surface area contributed by atoms with Crippen molar-refractivity contribution in [1.29, 1.82) is 0 Å². The van der Waals surface area contributed by atoms with Crippen LogP contribution in [0.4, 0.5) is 0 Å². The van der Waals surface area contributed by atoms with E-state index in [1.54, 1.807) is 18.5 Å². The molecule has 2 aromatic rings. The number of aromatic carboxylic acids is 1. The van der Waals surface area contributed by atoms with E-state index in [0.717, 1.165) is 5.56 Å². The van der Waals surface area contributed by atoms with Gasteiger partial charge in [0.1, 0.15) is 0 Å². The Hall–Kier alpha value is -2.25. The molecule has 0 radical (unpaired) electrons. The van der Waals surface area contributed by atoms with Gasteiger partial charge in [0.15, 0.2) is 0 Å². The van der Waals surface area contributed by atoms with Gasteiger partial charge in [0.2, 0.25) is 10.0 Å². The summed E-state index contributed by atoms with van der Waals surface area (Å²) < 4.78 is 27.8. The number of nitrogens with zero attached hydrogens (tertiary/aromatic N) is 1. The zero-order chi connectivity index (χ0) is 17.7. The minimum Gasteiger partial charge on any atom is -0.478 e. The zero-order valence-corrected chi connectivity index (χ0v) is 14.4. The van der Waals surface area contributed by atoms with Crippen LogP contribution in [-0.2, 0) is 16.4 Å². The van der Waals surface area contributed by atoms with Crippen molar-refractivity contribution in [2.75, 3.05) is 6.54 Å². The number of aromatic nitrogens is 1. The van der Waals surface area contributed by atoms with Crippen LogP contribution >= 0.6 is 0 Å². The van der Waals surface area contributed by atoms with E-state index >= 15 is 0 Å². The van der Waals surface area contributed by atoms with Gasteiger partial charge in [-0.3, -0.25) is 4.98 Å². The molecule has 24 heavy (non-hydrogen) atoms. The molecule has 0 saturated heterocycles. The van der Waals surface area contributed by atoms with Crippen LogP contribution in [0.15, 0.2) is 47.6 Å². The standard InChI is InChI=1S/C17H20N2O4S/c1-12(2)15-4-3-14(17(20)21)11-16(15)24(22,23)19-10-7-13-5-8-18-9-6-13/h3-6,8-9,11-12,19H,7,10H2,1-2H3,(H,20,21). The van der Waals surface area contributed by atoms with Crippen molar-refractivity contribution < 1.29 is 18.3 Å². The highest BCUT2D eigenvalue weighted by Gasteiger charge is 2.21. The fraction of sp³-hybridized carbons (Fsp3) is 0.294. The van der Waals surface area contributed by atoms with Gasteiger partial charge in [0.25, 0.3) is 0 Å². The lowest BCUT2D eigenvalue weighted by molar-refractivity contribution is 0.0696. The summed E-state index contributed by atoms with van der Waals surface area (Å²) in [6, 6.07) is 7.84. The largest absolute Gasteiger partial charge is 0.478 e. The molecule has 6 nitrogen and oxygen atoms in total. The molecule has 0 fully saturated rings. The molecule has 0 spiro atoms. The summed E-state index contributed by atoms with van der Waals surface area (Å²) >= 11 is 0. The molecular formula is C17H20N2O4S. The van der Waals surface area contributed by atoms with Crippen LogP contribution in [0, 0.1) is 0 Å². The summed E-state index contributed by atoms with van der Waals surface area (Å²) in [5, 5.41) is 9.11. The van der Waals surface area contributed by atoms with Crippen molar-refractivity contribution in [2.45, 2.75) is 31.1 Å². The smallest absolute Gasteiger partial charge is 0.335 e. The van der Waals surface area contributed by atoms with E-state index in [0.29, 0.717) is 12.0 Å². The first kappa shape index (κ1) is 18.1. The summed E-state index contributed by atoms with van der Waals surface area (Å²) in [5.41, 5.74) is 1.52. The number of sulfonamides is 1. The predicted molar refractivity (Wildman–Crippen MR) is 90.6 cm³/mol. The molecule has 0 aliphatic heterocycles. The Labute approximate surface area is 141 Å². The quantitative estimate of drug-likeness (QED) is 0.801. The first-order valence-electron chi connectivity index (χ1n) is 7.57. The SMILES string of the molecule is CC(C)c1ccc(C(=O)O)cc1S(=O)(=O)NCCc1ccncc1. The molecule has 0 aliphatic rings. The van der Waals surface area contributed by atoms with Crippen LogP contribution in [0.2, 0.25) is 0 Å². The van der Waals surface area contributed by atoms with Gasteiger partial charge in [-0.1, -0.05) is 19.9 Å². The molecule has 0 aliphatic carbocycles. The Kier molecular flexibility index (Phi) is 5.69. The Balaban J connectivity index is 2.23. The molecule has 1 aromatic carbocycles. The van der Waals surface area contributed by atoms with Crippen LogP contribution in [0.3, 0.4) is 0 Å². The first-order valence-corrected chi connectivity index (χ1v) is 9.05. The third kappa shape index (κ3) is 4.39. The van der Waals surface area contributed by atoms with Gasteiger partial charge in [-0.15, -0.1) is 0 Å². The molecule has 0 amide bonds. The third-order valence-electron chi connectivity index (χ3n) is 3.63. The molecule has 128 valence electrons. The number of carbonyl (C=O) groups is 1. The fourth-order valence-corrected chi connectivity index (χ4v) is 3.76. The number of nitrogens with one attached hydrogen (secondary N) is 1. The average molecular weight is 348 g/mol. The number of carboxylic acid groups (broad SMARTS) is 1. The van der Waals surface area contributed by atoms with Gasteiger partial charge in [-0.25, -0.2) is 17.9 Å². The maximum Gasteiger partial charge on any atom is 0.335 e. The monoisotopic (exact) mass is 348 g/mol. The van der Waals surface area contributed by atoms with Crippen LogP contribution < -0.4 is 4.72 Å². The number of benzene rings is 1. The van der Waals surface area contributed by atoms with Crippen LogP contribution in [-0.4, -0.2) is 31.0 Å². The summed E-state index contributed by atoms with van der Waals surface area (Å²) in [6.45, 7) is 3.96. The lowest BCUT2D eigenvalue weighted by Crippen LogP contribution is -2.27. The van der Waals surface area contributed by atoms with Crippen molar-refractivity contribution in [3.05, 3.63) is 59.4 Å². The van der Waals surface area contributed by atoms with Gasteiger partial charge in [0.05, 0.1) is 10.5 Å². The number of rotatable bonds is 7. The first-order chi connectivity index (χ1) is 11.3. The van der Waals surface area contributed by atoms with Crippen molar-refractivity contribution in [3.63, 3.8) is 0 Å². The van der Waals surface area contributed by atoms with E-state index in [2.05, 4.69) is 9.71 Å². The second-order valence-corrected chi connectivity index (χ2v) is 7.45. The van der Waals surface area contributed by atoms with E-state index in [-0.39, 0.29) is 22.9 Å². The Morgan fingerprint density at radius 3 is 2.46 bits per heavy atom. The molecule has 0 atom stereocenters. The summed E-state index contributed by atoms with van der Waals surface area (Å²) in [5.74, 6) is -1.20. The highest BCUT2D eigenvalue weighted by atomic mass is 32.2. The van der Waals surface area contributed by atoms with Gasteiger partial charge in [-0.05, 0) is 47.7 Å². The average Bonchev–Trinajstić information content (AvgIpc) is 2.55. The topological polar surface area (TPSA) is 96.4 Å². The molecular weight excluding hydrogens is 328 g/mol. The third-order valence-corrected chi connectivity index (χ3v) is 5.14. The molecule has 1 aromatic heterocycles. The molecule has 1 heterocycles. The van der Waals surface area contributed by atoms with Gasteiger partial charge >= 0.3 is 5.97 Å². The van der Waals surface area contributed by atoms with E-state index < -0.39 is 16.0 Å². The number of pyridine rings is 1. The summed E-state index contributed by atoms with van der Waals surface area (Å²) in [7, 11) is -3.79. The minimum absolute atomic E-state index is 0.0205. The Morgan fingerprint density at radius 2 is 1.88 bits per heavy atom. The lowest BCUT2D eigenvalue weighted by Gasteiger charge is -2.15. The predicted octanol–water partition coefficient (Wildman–Crippen LogP) is 2.42. The van der Waals surface area contributed by atoms with Crippen molar-refractivity contribution in [2.24, 2.45) is 0 Å². The van der Waals surface area contributed by atoms with Crippen LogP contribution in [0.1, 0.15) is 41.3 Å². The van der Waals surface area contributed by atoms with E-state index in [1.165, 1.54) is 12.1 Å². The van der Waals surface area contributed by atoms with E-state index in [9.17, 15) is 13.2 Å². The second-order valence-electron chi connectivity index (χ2n) is 5.72. The van der Waals surface area contributed by atoms with Gasteiger partial charge in [-0.2, -0.15) is 0 Å². The number of carboxylic acids is 1. The van der Waals surface area contributed by atoms with Crippen LogP contribution in [0.5, 0.6) is 0 Å². The van der Waals surface area contributed by atoms with Crippen molar-refractivity contribution in [3.8, 4) is 0 Å². The summed E-state index contributed by atoms with van der Waals surface area (Å²) in [4.78, 5) is 15.1. The number of hydrogen-bond donors (Lipinski definition) is 2. The number of hydrogen-bond acceptors (Lipinski definition) is 4. The lowest BCUT2D eigenvalue weighted by atomic mass is 10.0. The molecule has 2 N–H and O–H groups in total. The maximum atomic E-state index is 12.6. The maximum absolute atomic E-state index is 12.6. The van der Waals surface area contributed by atoms with Gasteiger partial charge in [0, 0.05) is 18.9 Å². The van der Waals surface area contributed by atoms with E-state index in [4.69, 9.17) is 5.11 Å². The van der Waals surface area contributed by atoms with Gasteiger partial charge < -0.3 is 5.11 Å². The van der Waals surface area contributed by atoms with Crippen molar-refractivity contribution >= 4 is 16.0 Å². The summed E-state index contributed by atoms with van der Waals surface area (Å²) in [6.07, 6.45) is 3.82.